The van der Waals surface area contributed by atoms with Crippen LogP contribution in [-0.2, 0) is 0 Å². The lowest BCUT2D eigenvalue weighted by Gasteiger charge is -2.33. The maximum Gasteiger partial charge on any atom is 0.276 e. The zero-order valence-electron chi connectivity index (χ0n) is 8.52. The molecule has 4 nitrogen and oxygen atoms in total. The van der Waals surface area contributed by atoms with Gasteiger partial charge in [-0.25, -0.2) is 0 Å². The molecule has 15 heavy (non-hydrogen) atoms. The molecule has 82 valence electrons. The molecule has 0 bridgehead atoms. The van der Waals surface area contributed by atoms with Crippen molar-refractivity contribution in [2.45, 2.75) is 18.2 Å². The maximum atomic E-state index is 11.9. The standard InChI is InChI=1S/C10H13BrN2O2/c1-7-6-13(4-2-8(7)11)10(14)9-3-5-15-12-9/h3,5,7-8H,2,4,6H2,1H3. The van der Waals surface area contributed by atoms with Crippen molar-refractivity contribution in [1.82, 2.24) is 10.1 Å². The highest BCUT2D eigenvalue weighted by atomic mass is 79.9. The number of rotatable bonds is 1. The van der Waals surface area contributed by atoms with Crippen LogP contribution >= 0.6 is 15.9 Å². The number of nitrogens with zero attached hydrogens (tertiary/aromatic N) is 2. The molecule has 2 rings (SSSR count). The van der Waals surface area contributed by atoms with Crippen molar-refractivity contribution in [2.75, 3.05) is 13.1 Å². The lowest BCUT2D eigenvalue weighted by Crippen LogP contribution is -2.43. The van der Waals surface area contributed by atoms with Crippen molar-refractivity contribution in [3.05, 3.63) is 18.0 Å². The van der Waals surface area contributed by atoms with Crippen molar-refractivity contribution in [1.29, 1.82) is 0 Å². The Hall–Kier alpha value is -0.840. The predicted octanol–water partition coefficient (Wildman–Crippen LogP) is 1.92. The molecule has 1 fully saturated rings. The van der Waals surface area contributed by atoms with E-state index in [4.69, 9.17) is 0 Å². The fraction of sp³-hybridized carbons (Fsp3) is 0.600. The third-order valence-corrected chi connectivity index (χ3v) is 4.11. The summed E-state index contributed by atoms with van der Waals surface area (Å²) in [6, 6.07) is 1.60. The highest BCUT2D eigenvalue weighted by Crippen LogP contribution is 2.24. The number of halogens is 1. The van der Waals surface area contributed by atoms with Crippen LogP contribution in [0.4, 0.5) is 0 Å². The van der Waals surface area contributed by atoms with E-state index in [9.17, 15) is 4.79 Å². The summed E-state index contributed by atoms with van der Waals surface area (Å²) in [5, 5.41) is 3.66. The normalized spacial score (nSPS) is 26.7. The van der Waals surface area contributed by atoms with Gasteiger partial charge in [0, 0.05) is 24.0 Å². The smallest absolute Gasteiger partial charge is 0.276 e. The van der Waals surface area contributed by atoms with Crippen LogP contribution in [0.15, 0.2) is 16.9 Å². The molecule has 1 aliphatic heterocycles. The molecule has 1 aliphatic rings. The molecule has 0 N–H and O–H groups in total. The Bertz CT molecular complexity index is 339. The molecule has 2 atom stereocenters. The minimum atomic E-state index is -0.0324. The van der Waals surface area contributed by atoms with Crippen LogP contribution in [-0.4, -0.2) is 33.9 Å². The molecule has 1 amide bonds. The van der Waals surface area contributed by atoms with Gasteiger partial charge in [-0.1, -0.05) is 28.0 Å². The van der Waals surface area contributed by atoms with E-state index < -0.39 is 0 Å². The van der Waals surface area contributed by atoms with E-state index in [2.05, 4.69) is 32.5 Å². The van der Waals surface area contributed by atoms with E-state index in [1.54, 1.807) is 6.07 Å². The minimum absolute atomic E-state index is 0.0324. The summed E-state index contributed by atoms with van der Waals surface area (Å²) < 4.78 is 4.67. The number of carbonyl (C=O) groups excluding carboxylic acids is 1. The summed E-state index contributed by atoms with van der Waals surface area (Å²) in [6.45, 7) is 3.70. The summed E-state index contributed by atoms with van der Waals surface area (Å²) >= 11 is 3.61. The number of aromatic nitrogens is 1. The van der Waals surface area contributed by atoms with Gasteiger partial charge in [-0.3, -0.25) is 4.79 Å². The van der Waals surface area contributed by atoms with Crippen LogP contribution in [0.1, 0.15) is 23.8 Å². The van der Waals surface area contributed by atoms with E-state index in [0.29, 0.717) is 16.4 Å². The molecule has 0 saturated carbocycles. The van der Waals surface area contributed by atoms with E-state index in [-0.39, 0.29) is 5.91 Å². The van der Waals surface area contributed by atoms with Gasteiger partial charge in [0.05, 0.1) is 0 Å². The SMILES string of the molecule is CC1CN(C(=O)c2ccon2)CCC1Br. The van der Waals surface area contributed by atoms with Crippen LogP contribution in [0.2, 0.25) is 0 Å². The van der Waals surface area contributed by atoms with Crippen LogP contribution in [0, 0.1) is 5.92 Å². The molecule has 1 aromatic heterocycles. The van der Waals surface area contributed by atoms with Gasteiger partial charge < -0.3 is 9.42 Å². The molecule has 5 heteroatoms. The van der Waals surface area contributed by atoms with Crippen molar-refractivity contribution in [3.8, 4) is 0 Å². The van der Waals surface area contributed by atoms with E-state index in [0.717, 1.165) is 19.5 Å². The second-order valence-corrected chi connectivity index (χ2v) is 5.09. The van der Waals surface area contributed by atoms with Gasteiger partial charge in [0.1, 0.15) is 6.26 Å². The van der Waals surface area contributed by atoms with Crippen molar-refractivity contribution >= 4 is 21.8 Å². The molecule has 0 aliphatic carbocycles. The Morgan fingerprint density at radius 2 is 2.53 bits per heavy atom. The zero-order valence-corrected chi connectivity index (χ0v) is 10.1. The third kappa shape index (κ3) is 2.22. The first-order valence-electron chi connectivity index (χ1n) is 5.02. The molecule has 1 saturated heterocycles. The summed E-state index contributed by atoms with van der Waals surface area (Å²) in [4.78, 5) is 14.2. The molecule has 1 aromatic rings. The first-order chi connectivity index (χ1) is 7.18. The van der Waals surface area contributed by atoms with Crippen molar-refractivity contribution in [3.63, 3.8) is 0 Å². The van der Waals surface area contributed by atoms with Gasteiger partial charge in [0.2, 0.25) is 0 Å². The molecule has 2 heterocycles. The molecule has 2 unspecified atom stereocenters. The molecule has 0 spiro atoms. The number of hydrogen-bond acceptors (Lipinski definition) is 3. The first kappa shape index (κ1) is 10.7. The second kappa shape index (κ2) is 4.35. The van der Waals surface area contributed by atoms with Crippen LogP contribution < -0.4 is 0 Å². The van der Waals surface area contributed by atoms with Gasteiger partial charge in [0.15, 0.2) is 5.69 Å². The lowest BCUT2D eigenvalue weighted by molar-refractivity contribution is 0.0680. The molecule has 0 aromatic carbocycles. The van der Waals surface area contributed by atoms with Crippen LogP contribution in [0.5, 0.6) is 0 Å². The topological polar surface area (TPSA) is 46.3 Å². The average molecular weight is 273 g/mol. The number of amides is 1. The zero-order chi connectivity index (χ0) is 10.8. The fourth-order valence-corrected chi connectivity index (χ4v) is 2.16. The molecular formula is C10H13BrN2O2. The monoisotopic (exact) mass is 272 g/mol. The molecule has 0 radical (unpaired) electrons. The van der Waals surface area contributed by atoms with Gasteiger partial charge >= 0.3 is 0 Å². The van der Waals surface area contributed by atoms with Gasteiger partial charge in [-0.2, -0.15) is 0 Å². The van der Waals surface area contributed by atoms with Crippen LogP contribution in [0.3, 0.4) is 0 Å². The Morgan fingerprint density at radius 3 is 3.13 bits per heavy atom. The van der Waals surface area contributed by atoms with E-state index >= 15 is 0 Å². The average Bonchev–Trinajstić information content (AvgIpc) is 2.74. The highest BCUT2D eigenvalue weighted by molar-refractivity contribution is 9.09. The number of likely N-dealkylation sites (tertiary alicyclic amines) is 1. The molecular weight excluding hydrogens is 260 g/mol. The number of alkyl halides is 1. The van der Waals surface area contributed by atoms with Crippen LogP contribution in [0.25, 0.3) is 0 Å². The third-order valence-electron chi connectivity index (χ3n) is 2.74. The Kier molecular flexibility index (Phi) is 3.09. The quantitative estimate of drug-likeness (QED) is 0.734. The maximum absolute atomic E-state index is 11.9. The highest BCUT2D eigenvalue weighted by Gasteiger charge is 2.28. The first-order valence-corrected chi connectivity index (χ1v) is 5.94. The van der Waals surface area contributed by atoms with Gasteiger partial charge in [0.25, 0.3) is 5.91 Å². The minimum Gasteiger partial charge on any atom is -0.364 e. The van der Waals surface area contributed by atoms with E-state index in [1.807, 2.05) is 4.90 Å². The number of hydrogen-bond donors (Lipinski definition) is 0. The number of piperidine rings is 1. The van der Waals surface area contributed by atoms with Crippen molar-refractivity contribution < 1.29 is 9.32 Å². The fourth-order valence-electron chi connectivity index (χ4n) is 1.79. The largest absolute Gasteiger partial charge is 0.364 e. The van der Waals surface area contributed by atoms with Gasteiger partial charge in [-0.15, -0.1) is 0 Å². The van der Waals surface area contributed by atoms with E-state index in [1.165, 1.54) is 6.26 Å². The Balaban J connectivity index is 2.03. The Morgan fingerprint density at radius 1 is 1.73 bits per heavy atom. The van der Waals surface area contributed by atoms with Crippen molar-refractivity contribution in [2.24, 2.45) is 5.92 Å². The Labute approximate surface area is 96.7 Å². The number of carbonyl (C=O) groups is 1. The lowest BCUT2D eigenvalue weighted by atomic mass is 10.00. The predicted molar refractivity (Wildman–Crippen MR) is 58.9 cm³/mol. The summed E-state index contributed by atoms with van der Waals surface area (Å²) in [5.41, 5.74) is 0.398. The summed E-state index contributed by atoms with van der Waals surface area (Å²) in [7, 11) is 0. The summed E-state index contributed by atoms with van der Waals surface area (Å²) in [6.07, 6.45) is 2.42. The van der Waals surface area contributed by atoms with Gasteiger partial charge in [-0.05, 0) is 12.3 Å². The second-order valence-electron chi connectivity index (χ2n) is 3.92. The summed E-state index contributed by atoms with van der Waals surface area (Å²) in [5.74, 6) is 0.449.